The fourth-order valence-electron chi connectivity index (χ4n) is 3.32. The number of unbranched alkanes of at least 4 members (excludes halogenated alkanes) is 1. The molecule has 8 heteroatoms. The number of carbonyl (C=O) groups is 1. The number of thioether (sulfide) groups is 1. The van der Waals surface area contributed by atoms with Crippen molar-refractivity contribution in [3.8, 4) is 5.75 Å². The predicted molar refractivity (Wildman–Crippen MR) is 121 cm³/mol. The standard InChI is InChI=1S/C21H27BrN4O2S/c1-5-7-10-28-17-9-8-15(22)12-16(17)19-18(14(4)27)13(3)23-20-24-21(25-26(19)20)29-11-6-2/h8-9,12,19H,5-7,10-11H2,1-4H3,(H,23,24,25). The zero-order valence-electron chi connectivity index (χ0n) is 17.3. The van der Waals surface area contributed by atoms with Gasteiger partial charge in [-0.1, -0.05) is 48.0 Å². The largest absolute Gasteiger partial charge is 0.493 e. The molecule has 6 nitrogen and oxygen atoms in total. The van der Waals surface area contributed by atoms with E-state index in [-0.39, 0.29) is 11.8 Å². The lowest BCUT2D eigenvalue weighted by Crippen LogP contribution is -2.28. The molecule has 0 saturated carbocycles. The van der Waals surface area contributed by atoms with Crippen LogP contribution in [-0.4, -0.2) is 32.9 Å². The molecule has 1 atom stereocenters. The maximum absolute atomic E-state index is 12.6. The highest BCUT2D eigenvalue weighted by Crippen LogP contribution is 2.41. The van der Waals surface area contributed by atoms with Gasteiger partial charge in [-0.15, -0.1) is 5.10 Å². The minimum absolute atomic E-state index is 0.00314. The third-order valence-electron chi connectivity index (χ3n) is 4.67. The summed E-state index contributed by atoms with van der Waals surface area (Å²) < 4.78 is 8.84. The fourth-order valence-corrected chi connectivity index (χ4v) is 4.38. The Bertz CT molecular complexity index is 925. The molecule has 2 aromatic rings. The van der Waals surface area contributed by atoms with Crippen molar-refractivity contribution < 1.29 is 9.53 Å². The zero-order valence-corrected chi connectivity index (χ0v) is 19.7. The number of ketones is 1. The van der Waals surface area contributed by atoms with E-state index in [1.54, 1.807) is 18.7 Å². The highest BCUT2D eigenvalue weighted by Gasteiger charge is 2.34. The Kier molecular flexibility index (Phi) is 7.40. The van der Waals surface area contributed by atoms with E-state index in [9.17, 15) is 4.79 Å². The molecule has 1 aromatic heterocycles. The van der Waals surface area contributed by atoms with Crippen LogP contribution in [0.15, 0.2) is 39.1 Å². The lowest BCUT2D eigenvalue weighted by molar-refractivity contribution is -0.114. The second-order valence-electron chi connectivity index (χ2n) is 7.02. The summed E-state index contributed by atoms with van der Waals surface area (Å²) in [6, 6.07) is 5.53. The molecule has 1 aromatic carbocycles. The first kappa shape index (κ1) is 21.9. The van der Waals surface area contributed by atoms with Gasteiger partial charge in [0.2, 0.25) is 11.1 Å². The van der Waals surface area contributed by atoms with Crippen LogP contribution in [0.2, 0.25) is 0 Å². The Morgan fingerprint density at radius 3 is 2.83 bits per heavy atom. The molecule has 3 rings (SSSR count). The molecule has 0 radical (unpaired) electrons. The van der Waals surface area contributed by atoms with Crippen molar-refractivity contribution in [2.24, 2.45) is 0 Å². The van der Waals surface area contributed by atoms with Gasteiger partial charge in [-0.2, -0.15) is 4.98 Å². The van der Waals surface area contributed by atoms with Crippen molar-refractivity contribution in [3.63, 3.8) is 0 Å². The number of aromatic nitrogens is 3. The number of fused-ring (bicyclic) bond motifs is 1. The van der Waals surface area contributed by atoms with Crippen molar-refractivity contribution in [2.75, 3.05) is 17.7 Å². The number of nitrogens with one attached hydrogen (secondary N) is 1. The Morgan fingerprint density at radius 1 is 1.34 bits per heavy atom. The van der Waals surface area contributed by atoms with Crippen LogP contribution in [0.25, 0.3) is 0 Å². The van der Waals surface area contributed by atoms with Crippen LogP contribution in [0.5, 0.6) is 5.75 Å². The Labute approximate surface area is 184 Å². The smallest absolute Gasteiger partial charge is 0.227 e. The monoisotopic (exact) mass is 478 g/mol. The van der Waals surface area contributed by atoms with E-state index in [4.69, 9.17) is 9.84 Å². The molecule has 1 aliphatic rings. The number of allylic oxidation sites excluding steroid dienone is 2. The molecule has 29 heavy (non-hydrogen) atoms. The van der Waals surface area contributed by atoms with Gasteiger partial charge in [0.15, 0.2) is 5.78 Å². The van der Waals surface area contributed by atoms with Crippen molar-refractivity contribution in [3.05, 3.63) is 39.5 Å². The van der Waals surface area contributed by atoms with Gasteiger partial charge in [-0.3, -0.25) is 4.79 Å². The number of carbonyl (C=O) groups excluding carboxylic acids is 1. The molecule has 1 aliphatic heterocycles. The van der Waals surface area contributed by atoms with Crippen LogP contribution in [0.3, 0.4) is 0 Å². The highest BCUT2D eigenvalue weighted by molar-refractivity contribution is 9.10. The average Bonchev–Trinajstić information content (AvgIpc) is 3.08. The van der Waals surface area contributed by atoms with E-state index in [1.807, 2.05) is 29.8 Å². The zero-order chi connectivity index (χ0) is 21.0. The third kappa shape index (κ3) is 4.86. The molecule has 0 spiro atoms. The van der Waals surface area contributed by atoms with Crippen LogP contribution in [0.1, 0.15) is 58.6 Å². The maximum atomic E-state index is 12.6. The van der Waals surface area contributed by atoms with Crippen molar-refractivity contribution >= 4 is 39.4 Å². The molecule has 0 aliphatic carbocycles. The number of anilines is 1. The summed E-state index contributed by atoms with van der Waals surface area (Å²) in [4.78, 5) is 17.3. The summed E-state index contributed by atoms with van der Waals surface area (Å²) in [5.74, 6) is 2.37. The number of ether oxygens (including phenoxy) is 1. The van der Waals surface area contributed by atoms with E-state index < -0.39 is 0 Å². The number of halogens is 1. The Hall–Kier alpha value is -1.80. The number of hydrogen-bond donors (Lipinski definition) is 1. The average molecular weight is 479 g/mol. The van der Waals surface area contributed by atoms with Gasteiger partial charge in [0, 0.05) is 27.1 Å². The summed E-state index contributed by atoms with van der Waals surface area (Å²) in [6.07, 6.45) is 3.08. The summed E-state index contributed by atoms with van der Waals surface area (Å²) in [7, 11) is 0. The van der Waals surface area contributed by atoms with Crippen molar-refractivity contribution in [2.45, 2.75) is 58.2 Å². The van der Waals surface area contributed by atoms with Gasteiger partial charge in [-0.05, 0) is 44.9 Å². The van der Waals surface area contributed by atoms with Crippen LogP contribution >= 0.6 is 27.7 Å². The molecule has 2 heterocycles. The molecular formula is C21H27BrN4O2S. The van der Waals surface area contributed by atoms with Crippen LogP contribution in [0.4, 0.5) is 5.95 Å². The van der Waals surface area contributed by atoms with Gasteiger partial charge in [-0.25, -0.2) is 4.68 Å². The van der Waals surface area contributed by atoms with E-state index in [0.29, 0.717) is 23.3 Å². The van der Waals surface area contributed by atoms with Gasteiger partial charge in [0.1, 0.15) is 11.8 Å². The molecule has 0 bridgehead atoms. The molecule has 1 N–H and O–H groups in total. The van der Waals surface area contributed by atoms with Crippen molar-refractivity contribution in [1.29, 1.82) is 0 Å². The summed E-state index contributed by atoms with van der Waals surface area (Å²) >= 11 is 5.19. The molecule has 156 valence electrons. The molecule has 0 fully saturated rings. The van der Waals surface area contributed by atoms with Gasteiger partial charge < -0.3 is 10.1 Å². The SMILES string of the molecule is CCCCOc1ccc(Br)cc1C1C(C(C)=O)=C(C)Nc2nc(SCCC)nn21. The van der Waals surface area contributed by atoms with Crippen LogP contribution in [0, 0.1) is 0 Å². The quantitative estimate of drug-likeness (QED) is 0.373. The highest BCUT2D eigenvalue weighted by atomic mass is 79.9. The van der Waals surface area contributed by atoms with Crippen molar-refractivity contribution in [1.82, 2.24) is 14.8 Å². The normalized spacial score (nSPS) is 15.8. The number of hydrogen-bond acceptors (Lipinski definition) is 6. The Morgan fingerprint density at radius 2 is 2.14 bits per heavy atom. The minimum Gasteiger partial charge on any atom is -0.493 e. The first-order valence-electron chi connectivity index (χ1n) is 9.96. The predicted octanol–water partition coefficient (Wildman–Crippen LogP) is 5.60. The van der Waals surface area contributed by atoms with Gasteiger partial charge in [0.05, 0.1) is 6.61 Å². The first-order valence-corrected chi connectivity index (χ1v) is 11.7. The van der Waals surface area contributed by atoms with Crippen LogP contribution in [-0.2, 0) is 4.79 Å². The lowest BCUT2D eigenvalue weighted by atomic mass is 9.92. The molecule has 0 saturated heterocycles. The summed E-state index contributed by atoms with van der Waals surface area (Å²) in [5.41, 5.74) is 2.38. The van der Waals surface area contributed by atoms with Gasteiger partial charge >= 0.3 is 0 Å². The number of Topliss-reactive ketones (excluding diaryl/α,β-unsaturated/α-hetero) is 1. The fraction of sp³-hybridized carbons (Fsp3) is 0.476. The number of nitrogens with zero attached hydrogens (tertiary/aromatic N) is 3. The second kappa shape index (κ2) is 9.80. The maximum Gasteiger partial charge on any atom is 0.227 e. The molecule has 1 unspecified atom stereocenters. The third-order valence-corrected chi connectivity index (χ3v) is 6.21. The number of rotatable bonds is 9. The molecular weight excluding hydrogens is 452 g/mol. The van der Waals surface area contributed by atoms with E-state index in [0.717, 1.165) is 46.5 Å². The van der Waals surface area contributed by atoms with Gasteiger partial charge in [0.25, 0.3) is 0 Å². The molecule has 0 amide bonds. The summed E-state index contributed by atoms with van der Waals surface area (Å²) in [6.45, 7) is 8.41. The lowest BCUT2D eigenvalue weighted by Gasteiger charge is -2.29. The first-order chi connectivity index (χ1) is 14.0. The topological polar surface area (TPSA) is 69.0 Å². The Balaban J connectivity index is 2.11. The number of benzene rings is 1. The minimum atomic E-state index is -0.388. The van der Waals surface area contributed by atoms with E-state index in [2.05, 4.69) is 40.1 Å². The van der Waals surface area contributed by atoms with E-state index in [1.165, 1.54) is 0 Å². The van der Waals surface area contributed by atoms with E-state index >= 15 is 0 Å². The summed E-state index contributed by atoms with van der Waals surface area (Å²) in [5, 5.41) is 8.69. The second-order valence-corrected chi connectivity index (χ2v) is 9.00. The van der Waals surface area contributed by atoms with Crippen LogP contribution < -0.4 is 10.1 Å².